The molecule has 43 heavy (non-hydrogen) atoms. The fraction of sp³-hybridized carbons (Fsp3) is 0.212. The SMILES string of the molecule is CCCCCCNC(=O)c1c(NC(=O)/C=C/c2cccc([N+](=O)[O-])c2)n(Cc2ccccc2)c2nc3ccccc3nc12. The highest BCUT2D eigenvalue weighted by Gasteiger charge is 2.26. The molecule has 218 valence electrons. The van der Waals surface area contributed by atoms with Crippen molar-refractivity contribution in [2.75, 3.05) is 11.9 Å². The second-order valence-electron chi connectivity index (χ2n) is 10.2. The van der Waals surface area contributed by atoms with Crippen LogP contribution in [0.4, 0.5) is 11.5 Å². The van der Waals surface area contributed by atoms with Crippen molar-refractivity contribution in [3.8, 4) is 0 Å². The standard InChI is InChI=1S/C33H32N6O4/c1-2-3-4-10-20-34-33(41)29-30-32(36-27-17-9-8-16-26(27)35-30)38(22-24-12-6-5-7-13-24)31(29)37-28(40)19-18-23-14-11-15-25(21-23)39(42)43/h5-9,11-19,21H,2-4,10,20,22H2,1H3,(H,34,41)(H,37,40)/b19-18+. The zero-order valence-electron chi connectivity index (χ0n) is 23.8. The fourth-order valence-electron chi connectivity index (χ4n) is 4.88. The van der Waals surface area contributed by atoms with E-state index in [0.29, 0.717) is 40.9 Å². The van der Waals surface area contributed by atoms with Crippen LogP contribution < -0.4 is 10.6 Å². The van der Waals surface area contributed by atoms with E-state index in [0.717, 1.165) is 31.2 Å². The number of nitrogens with zero attached hydrogens (tertiary/aromatic N) is 4. The van der Waals surface area contributed by atoms with Crippen molar-refractivity contribution in [1.82, 2.24) is 19.9 Å². The Balaban J connectivity index is 1.58. The Morgan fingerprint density at radius 1 is 0.930 bits per heavy atom. The summed E-state index contributed by atoms with van der Waals surface area (Å²) in [5.41, 5.74) is 3.75. The maximum Gasteiger partial charge on any atom is 0.270 e. The van der Waals surface area contributed by atoms with Crippen LogP contribution in [0.15, 0.2) is 84.9 Å². The monoisotopic (exact) mass is 576 g/mol. The molecule has 10 nitrogen and oxygen atoms in total. The number of unbranched alkanes of at least 4 members (excludes halogenated alkanes) is 3. The summed E-state index contributed by atoms with van der Waals surface area (Å²) in [6.07, 6.45) is 6.79. The third kappa shape index (κ3) is 6.92. The van der Waals surface area contributed by atoms with E-state index >= 15 is 0 Å². The van der Waals surface area contributed by atoms with E-state index in [2.05, 4.69) is 17.6 Å². The van der Waals surface area contributed by atoms with Crippen LogP contribution in [-0.2, 0) is 11.3 Å². The predicted octanol–water partition coefficient (Wildman–Crippen LogP) is 6.50. The number of rotatable bonds is 12. The van der Waals surface area contributed by atoms with Crippen LogP contribution in [0.2, 0.25) is 0 Å². The summed E-state index contributed by atoms with van der Waals surface area (Å²) >= 11 is 0. The molecule has 0 radical (unpaired) electrons. The van der Waals surface area contributed by atoms with Crippen LogP contribution in [0, 0.1) is 10.1 Å². The van der Waals surface area contributed by atoms with Gasteiger partial charge in [-0.05, 0) is 35.8 Å². The zero-order valence-corrected chi connectivity index (χ0v) is 23.8. The number of nitro groups is 1. The Hall–Kier alpha value is -5.38. The maximum atomic E-state index is 13.8. The van der Waals surface area contributed by atoms with Crippen molar-refractivity contribution in [2.45, 2.75) is 39.2 Å². The number of para-hydroxylation sites is 2. The smallest absolute Gasteiger partial charge is 0.270 e. The predicted molar refractivity (Wildman–Crippen MR) is 168 cm³/mol. The van der Waals surface area contributed by atoms with E-state index in [-0.39, 0.29) is 23.0 Å². The van der Waals surface area contributed by atoms with Crippen LogP contribution in [0.3, 0.4) is 0 Å². The molecule has 0 spiro atoms. The van der Waals surface area contributed by atoms with Crippen LogP contribution in [-0.4, -0.2) is 37.8 Å². The Morgan fingerprint density at radius 2 is 1.67 bits per heavy atom. The largest absolute Gasteiger partial charge is 0.352 e. The highest BCUT2D eigenvalue weighted by molar-refractivity contribution is 6.14. The van der Waals surface area contributed by atoms with Gasteiger partial charge in [0, 0.05) is 24.8 Å². The third-order valence-electron chi connectivity index (χ3n) is 7.03. The molecular formula is C33H32N6O4. The highest BCUT2D eigenvalue weighted by atomic mass is 16.6. The minimum atomic E-state index is -0.509. The molecule has 2 N–H and O–H groups in total. The molecule has 0 saturated heterocycles. The fourth-order valence-corrected chi connectivity index (χ4v) is 4.88. The van der Waals surface area contributed by atoms with Gasteiger partial charge in [0.05, 0.1) is 22.5 Å². The van der Waals surface area contributed by atoms with Gasteiger partial charge in [0.1, 0.15) is 16.9 Å². The molecule has 10 heteroatoms. The lowest BCUT2D eigenvalue weighted by atomic mass is 10.2. The topological polar surface area (TPSA) is 132 Å². The van der Waals surface area contributed by atoms with Gasteiger partial charge in [0.15, 0.2) is 5.65 Å². The van der Waals surface area contributed by atoms with Gasteiger partial charge in [-0.1, -0.05) is 80.8 Å². The van der Waals surface area contributed by atoms with Crippen molar-refractivity contribution in [3.63, 3.8) is 0 Å². The van der Waals surface area contributed by atoms with Crippen molar-refractivity contribution in [3.05, 3.63) is 112 Å². The minimum Gasteiger partial charge on any atom is -0.352 e. The zero-order chi connectivity index (χ0) is 30.2. The molecule has 0 aliphatic carbocycles. The number of carbonyl (C=O) groups excluding carboxylic acids is 2. The first kappa shape index (κ1) is 29.1. The molecule has 0 aliphatic rings. The summed E-state index contributed by atoms with van der Waals surface area (Å²) in [6, 6.07) is 23.1. The molecule has 0 fully saturated rings. The number of aromatic nitrogens is 3. The van der Waals surface area contributed by atoms with Gasteiger partial charge in [-0.15, -0.1) is 0 Å². The van der Waals surface area contributed by atoms with Gasteiger partial charge in [-0.3, -0.25) is 19.7 Å². The molecule has 0 atom stereocenters. The number of nitro benzene ring substituents is 1. The number of hydrogen-bond donors (Lipinski definition) is 2. The highest BCUT2D eigenvalue weighted by Crippen LogP contribution is 2.31. The average Bonchev–Trinajstić information content (AvgIpc) is 3.30. The van der Waals surface area contributed by atoms with Crippen molar-refractivity contribution < 1.29 is 14.5 Å². The van der Waals surface area contributed by atoms with Crippen LogP contribution >= 0.6 is 0 Å². The number of benzene rings is 3. The van der Waals surface area contributed by atoms with Crippen LogP contribution in [0.25, 0.3) is 28.3 Å². The number of nitrogens with one attached hydrogen (secondary N) is 2. The average molecular weight is 577 g/mol. The molecule has 3 aromatic carbocycles. The van der Waals surface area contributed by atoms with E-state index in [4.69, 9.17) is 9.97 Å². The van der Waals surface area contributed by atoms with E-state index in [1.165, 1.54) is 24.3 Å². The second-order valence-corrected chi connectivity index (χ2v) is 10.2. The molecule has 2 amide bonds. The normalized spacial score (nSPS) is 11.3. The Bertz CT molecular complexity index is 1810. The molecule has 0 bridgehead atoms. The summed E-state index contributed by atoms with van der Waals surface area (Å²) in [5, 5.41) is 17.1. The molecule has 5 aromatic rings. The number of anilines is 1. The first-order valence-electron chi connectivity index (χ1n) is 14.3. The molecule has 2 heterocycles. The number of non-ortho nitro benzene ring substituents is 1. The quantitative estimate of drug-likeness (QED) is 0.0754. The van der Waals surface area contributed by atoms with E-state index in [1.54, 1.807) is 16.7 Å². The lowest BCUT2D eigenvalue weighted by molar-refractivity contribution is -0.384. The summed E-state index contributed by atoms with van der Waals surface area (Å²) in [4.78, 5) is 47.4. The number of amides is 2. The lowest BCUT2D eigenvalue weighted by Gasteiger charge is -2.12. The van der Waals surface area contributed by atoms with Gasteiger partial charge >= 0.3 is 0 Å². The first-order chi connectivity index (χ1) is 20.9. The molecular weight excluding hydrogens is 544 g/mol. The minimum absolute atomic E-state index is 0.0762. The molecule has 0 unspecified atom stereocenters. The van der Waals surface area contributed by atoms with Crippen LogP contribution in [0.1, 0.15) is 54.1 Å². The van der Waals surface area contributed by atoms with Crippen molar-refractivity contribution >= 4 is 51.6 Å². The first-order valence-corrected chi connectivity index (χ1v) is 14.3. The number of hydrogen-bond acceptors (Lipinski definition) is 6. The van der Waals surface area contributed by atoms with Gasteiger partial charge in [-0.25, -0.2) is 9.97 Å². The maximum absolute atomic E-state index is 13.8. The van der Waals surface area contributed by atoms with Gasteiger partial charge < -0.3 is 15.2 Å². The van der Waals surface area contributed by atoms with E-state index in [1.807, 2.05) is 54.6 Å². The Labute approximate surface area is 248 Å². The van der Waals surface area contributed by atoms with Crippen molar-refractivity contribution in [1.29, 1.82) is 0 Å². The van der Waals surface area contributed by atoms with E-state index in [9.17, 15) is 19.7 Å². The van der Waals surface area contributed by atoms with Crippen LogP contribution in [0.5, 0.6) is 0 Å². The Morgan fingerprint density at radius 3 is 2.42 bits per heavy atom. The molecule has 0 aliphatic heterocycles. The lowest BCUT2D eigenvalue weighted by Crippen LogP contribution is -2.26. The summed E-state index contributed by atoms with van der Waals surface area (Å²) in [6.45, 7) is 2.95. The summed E-state index contributed by atoms with van der Waals surface area (Å²) in [7, 11) is 0. The van der Waals surface area contributed by atoms with Gasteiger partial charge in [-0.2, -0.15) is 0 Å². The van der Waals surface area contributed by atoms with Gasteiger partial charge in [0.25, 0.3) is 11.6 Å². The number of fused-ring (bicyclic) bond motifs is 2. The second kappa shape index (κ2) is 13.5. The van der Waals surface area contributed by atoms with Gasteiger partial charge in [0.2, 0.25) is 5.91 Å². The van der Waals surface area contributed by atoms with E-state index < -0.39 is 10.8 Å². The third-order valence-corrected chi connectivity index (χ3v) is 7.03. The molecule has 2 aromatic heterocycles. The number of carbonyl (C=O) groups is 2. The Kier molecular flexibility index (Phi) is 9.16. The summed E-state index contributed by atoms with van der Waals surface area (Å²) < 4.78 is 1.80. The van der Waals surface area contributed by atoms with Crippen molar-refractivity contribution in [2.24, 2.45) is 0 Å². The molecule has 5 rings (SSSR count). The molecule has 0 saturated carbocycles. The summed E-state index contributed by atoms with van der Waals surface area (Å²) in [5.74, 6) is -0.588.